The van der Waals surface area contributed by atoms with Crippen molar-refractivity contribution in [3.05, 3.63) is 74.3 Å². The van der Waals surface area contributed by atoms with Gasteiger partial charge in [0, 0.05) is 39.9 Å². The summed E-state index contributed by atoms with van der Waals surface area (Å²) in [4.78, 5) is 9.68. The molecule has 0 saturated heterocycles. The van der Waals surface area contributed by atoms with E-state index in [0.717, 1.165) is 56.2 Å². The van der Waals surface area contributed by atoms with Crippen LogP contribution in [-0.4, -0.2) is 25.0 Å². The second kappa shape index (κ2) is 10.4. The van der Waals surface area contributed by atoms with Gasteiger partial charge in [-0.2, -0.15) is 5.10 Å². The summed E-state index contributed by atoms with van der Waals surface area (Å²) in [7, 11) is 0. The van der Waals surface area contributed by atoms with Gasteiger partial charge in [-0.1, -0.05) is 60.5 Å². The first-order valence-corrected chi connectivity index (χ1v) is 13.7. The number of halogens is 2. The average molecular weight is 532 g/mol. The van der Waals surface area contributed by atoms with Crippen molar-refractivity contribution >= 4 is 46.3 Å². The van der Waals surface area contributed by atoms with Crippen molar-refractivity contribution in [3.8, 4) is 16.4 Å². The van der Waals surface area contributed by atoms with Gasteiger partial charge in [-0.25, -0.2) is 9.67 Å². The molecule has 4 nitrogen and oxygen atoms in total. The molecule has 0 radical (unpaired) electrons. The van der Waals surface area contributed by atoms with Gasteiger partial charge in [0.05, 0.1) is 25.6 Å². The van der Waals surface area contributed by atoms with E-state index >= 15 is 0 Å². The van der Waals surface area contributed by atoms with Crippen LogP contribution in [-0.2, 0) is 6.42 Å². The van der Waals surface area contributed by atoms with Crippen molar-refractivity contribution in [2.24, 2.45) is 0 Å². The van der Waals surface area contributed by atoms with Crippen LogP contribution in [0, 0.1) is 27.7 Å². The third-order valence-electron chi connectivity index (χ3n) is 5.99. The van der Waals surface area contributed by atoms with Gasteiger partial charge in [0.2, 0.25) is 5.13 Å². The van der Waals surface area contributed by atoms with E-state index in [1.807, 2.05) is 41.6 Å². The smallest absolute Gasteiger partial charge is 0.212 e. The molecule has 0 N–H and O–H groups in total. The Balaban J connectivity index is 1.77. The Morgan fingerprint density at radius 2 is 1.76 bits per heavy atom. The van der Waals surface area contributed by atoms with Crippen LogP contribution in [0.2, 0.25) is 10.0 Å². The Morgan fingerprint density at radius 1 is 1.00 bits per heavy atom. The molecule has 178 valence electrons. The highest BCUT2D eigenvalue weighted by atomic mass is 35.5. The predicted molar refractivity (Wildman–Crippen MR) is 146 cm³/mol. The SMILES string of the molecule is CCC(C)Sc1sc(-n2nc(C)c(Cc3ccc(C)nc3C)c2C)nc1-c1ccc(Cl)c(Cl)c1. The number of aromatic nitrogens is 4. The van der Waals surface area contributed by atoms with Crippen molar-refractivity contribution < 1.29 is 0 Å². The van der Waals surface area contributed by atoms with E-state index in [2.05, 4.69) is 51.7 Å². The van der Waals surface area contributed by atoms with Gasteiger partial charge in [-0.15, -0.1) is 11.8 Å². The summed E-state index contributed by atoms with van der Waals surface area (Å²) in [6.45, 7) is 12.7. The molecule has 0 aliphatic carbocycles. The number of nitrogens with zero attached hydrogens (tertiary/aromatic N) is 4. The summed E-state index contributed by atoms with van der Waals surface area (Å²) in [5, 5.41) is 7.30. The predicted octanol–water partition coefficient (Wildman–Crippen LogP) is 8.41. The number of pyridine rings is 1. The van der Waals surface area contributed by atoms with Crippen molar-refractivity contribution in [2.75, 3.05) is 0 Å². The fraction of sp³-hybridized carbons (Fsp3) is 0.346. The van der Waals surface area contributed by atoms with E-state index in [1.165, 1.54) is 11.1 Å². The lowest BCUT2D eigenvalue weighted by Gasteiger charge is -2.08. The van der Waals surface area contributed by atoms with Crippen LogP contribution in [0.5, 0.6) is 0 Å². The van der Waals surface area contributed by atoms with Crippen molar-refractivity contribution in [1.29, 1.82) is 0 Å². The molecule has 0 aliphatic rings. The molecule has 1 aromatic carbocycles. The molecule has 0 fully saturated rings. The summed E-state index contributed by atoms with van der Waals surface area (Å²) in [5.74, 6) is 0. The number of thioether (sulfide) groups is 1. The van der Waals surface area contributed by atoms with Gasteiger partial charge in [0.1, 0.15) is 0 Å². The second-order valence-corrected chi connectivity index (χ2v) is 12.0. The van der Waals surface area contributed by atoms with Crippen molar-refractivity contribution in [1.82, 2.24) is 19.7 Å². The topological polar surface area (TPSA) is 43.6 Å². The number of rotatable bonds is 7. The van der Waals surface area contributed by atoms with Gasteiger partial charge >= 0.3 is 0 Å². The van der Waals surface area contributed by atoms with Gasteiger partial charge in [0.15, 0.2) is 0 Å². The standard InChI is InChI=1S/C26H28Cl2N4S2/c1-7-15(3)33-25-24(20-10-11-22(27)23(28)13-20)30-26(34-25)32-18(6)21(17(5)31-32)12-19-9-8-14(2)29-16(19)4/h8-11,13,15H,7,12H2,1-6H3. The third kappa shape index (κ3) is 5.20. The maximum atomic E-state index is 6.34. The minimum atomic E-state index is 0.475. The van der Waals surface area contributed by atoms with E-state index in [4.69, 9.17) is 33.3 Å². The minimum absolute atomic E-state index is 0.475. The molecule has 0 saturated carbocycles. The molecule has 1 unspecified atom stereocenters. The van der Waals surface area contributed by atoms with Crippen LogP contribution in [0.25, 0.3) is 16.4 Å². The third-order valence-corrected chi connectivity index (χ3v) is 9.23. The van der Waals surface area contributed by atoms with E-state index in [0.29, 0.717) is 15.3 Å². The minimum Gasteiger partial charge on any atom is -0.258 e. The van der Waals surface area contributed by atoms with E-state index < -0.39 is 0 Å². The lowest BCUT2D eigenvalue weighted by molar-refractivity contribution is 0.825. The first kappa shape index (κ1) is 25.2. The van der Waals surface area contributed by atoms with Gasteiger partial charge in [0.25, 0.3) is 0 Å². The van der Waals surface area contributed by atoms with Crippen LogP contribution < -0.4 is 0 Å². The van der Waals surface area contributed by atoms with Crippen LogP contribution in [0.1, 0.15) is 54.2 Å². The fourth-order valence-electron chi connectivity index (χ4n) is 3.77. The van der Waals surface area contributed by atoms with Gasteiger partial charge in [-0.3, -0.25) is 4.98 Å². The van der Waals surface area contributed by atoms with Gasteiger partial charge < -0.3 is 0 Å². The first-order valence-electron chi connectivity index (χ1n) is 11.3. The molecule has 4 rings (SSSR count). The number of benzene rings is 1. The molecule has 0 bridgehead atoms. The molecule has 4 aromatic rings. The van der Waals surface area contributed by atoms with Crippen LogP contribution in [0.15, 0.2) is 34.5 Å². The zero-order chi connectivity index (χ0) is 24.6. The average Bonchev–Trinajstić information content (AvgIpc) is 3.33. The highest BCUT2D eigenvalue weighted by Crippen LogP contribution is 2.42. The fourth-order valence-corrected chi connectivity index (χ4v) is 6.61. The normalized spacial score (nSPS) is 12.4. The maximum Gasteiger partial charge on any atom is 0.212 e. The molecular weight excluding hydrogens is 503 g/mol. The Labute approximate surface area is 219 Å². The van der Waals surface area contributed by atoms with Crippen molar-refractivity contribution in [3.63, 3.8) is 0 Å². The maximum absolute atomic E-state index is 6.34. The summed E-state index contributed by atoms with van der Waals surface area (Å²) in [5.41, 5.74) is 8.55. The zero-order valence-corrected chi connectivity index (χ0v) is 23.4. The summed E-state index contributed by atoms with van der Waals surface area (Å²) in [6, 6.07) is 9.94. The summed E-state index contributed by atoms with van der Waals surface area (Å²) < 4.78 is 3.14. The lowest BCUT2D eigenvalue weighted by Crippen LogP contribution is -2.00. The first-order chi connectivity index (χ1) is 16.2. The molecule has 8 heteroatoms. The number of thiazole rings is 1. The summed E-state index contributed by atoms with van der Waals surface area (Å²) >= 11 is 16.0. The molecule has 0 spiro atoms. The van der Waals surface area contributed by atoms with E-state index in [1.54, 1.807) is 11.3 Å². The molecule has 0 aliphatic heterocycles. The Kier molecular flexibility index (Phi) is 7.72. The highest BCUT2D eigenvalue weighted by molar-refractivity contribution is 8.01. The highest BCUT2D eigenvalue weighted by Gasteiger charge is 2.21. The molecule has 3 aromatic heterocycles. The molecule has 1 atom stereocenters. The molecule has 3 heterocycles. The van der Waals surface area contributed by atoms with E-state index in [9.17, 15) is 0 Å². The van der Waals surface area contributed by atoms with Crippen LogP contribution in [0.4, 0.5) is 0 Å². The van der Waals surface area contributed by atoms with Gasteiger partial charge in [-0.05, 0) is 57.9 Å². The second-order valence-electron chi connectivity index (χ2n) is 8.53. The number of hydrogen-bond acceptors (Lipinski definition) is 5. The molecule has 0 amide bonds. The Morgan fingerprint density at radius 3 is 2.44 bits per heavy atom. The van der Waals surface area contributed by atoms with E-state index in [-0.39, 0.29) is 0 Å². The Hall–Kier alpha value is -1.86. The van der Waals surface area contributed by atoms with Crippen LogP contribution in [0.3, 0.4) is 0 Å². The quantitative estimate of drug-likeness (QED) is 0.225. The largest absolute Gasteiger partial charge is 0.258 e. The molecule has 34 heavy (non-hydrogen) atoms. The number of aryl methyl sites for hydroxylation is 3. The number of hydrogen-bond donors (Lipinski definition) is 0. The zero-order valence-electron chi connectivity index (χ0n) is 20.2. The van der Waals surface area contributed by atoms with Crippen molar-refractivity contribution in [2.45, 2.75) is 63.8 Å². The van der Waals surface area contributed by atoms with Crippen LogP contribution >= 0.6 is 46.3 Å². The Bertz CT molecular complexity index is 1340. The molecular formula is C26H28Cl2N4S2. The monoisotopic (exact) mass is 530 g/mol. The lowest BCUT2D eigenvalue weighted by atomic mass is 10.0. The summed E-state index contributed by atoms with van der Waals surface area (Å²) in [6.07, 6.45) is 1.88.